The van der Waals surface area contributed by atoms with Crippen LogP contribution in [0.4, 0.5) is 0 Å². The van der Waals surface area contributed by atoms with E-state index < -0.39 is 6.89 Å². The molecular weight excluding hydrogens is 211 g/mol. The quantitative estimate of drug-likeness (QED) is 0.365. The van der Waals surface area contributed by atoms with E-state index in [2.05, 4.69) is 40.9 Å². The number of hydrogen-bond donors (Lipinski definition) is 0. The van der Waals surface area contributed by atoms with Crippen LogP contribution in [-0.2, 0) is 0 Å². The minimum Gasteiger partial charge on any atom is -0.107 e. The summed E-state index contributed by atoms with van der Waals surface area (Å²) in [5.74, 6) is 0. The molecule has 0 aromatic heterocycles. The minimum atomic E-state index is -0.919. The van der Waals surface area contributed by atoms with Crippen molar-refractivity contribution in [2.45, 2.75) is 84.5 Å². The molecule has 0 aliphatic rings. The van der Waals surface area contributed by atoms with Crippen LogP contribution in [0.15, 0.2) is 0 Å². The van der Waals surface area contributed by atoms with Gasteiger partial charge in [-0.3, -0.25) is 0 Å². The molecule has 0 saturated carbocycles. The monoisotopic (exact) mass is 244 g/mol. The molecule has 0 bridgehead atoms. The van der Waals surface area contributed by atoms with Gasteiger partial charge >= 0.3 is 0 Å². The summed E-state index contributed by atoms with van der Waals surface area (Å²) in [6.45, 7) is 10.9. The summed E-state index contributed by atoms with van der Waals surface area (Å²) in [6.07, 6.45) is 14.5. The van der Waals surface area contributed by atoms with Crippen LogP contribution in [-0.4, -0.2) is 23.8 Å². The Kier molecular flexibility index (Phi) is 8.56. The fourth-order valence-corrected chi connectivity index (χ4v) is 5.34. The van der Waals surface area contributed by atoms with E-state index in [-0.39, 0.29) is 0 Å². The van der Waals surface area contributed by atoms with Gasteiger partial charge in [0.25, 0.3) is 0 Å². The zero-order valence-electron chi connectivity index (χ0n) is 12.3. The molecule has 0 aromatic carbocycles. The van der Waals surface area contributed by atoms with E-state index in [4.69, 9.17) is 0 Å². The fourth-order valence-electron chi connectivity index (χ4n) is 2.30. The van der Waals surface area contributed by atoms with E-state index in [1.807, 2.05) is 0 Å². The van der Waals surface area contributed by atoms with Gasteiger partial charge < -0.3 is 0 Å². The first-order chi connectivity index (χ1) is 7.45. The van der Waals surface area contributed by atoms with Crippen molar-refractivity contribution >= 4 is 13.2 Å². The third-order valence-electron chi connectivity index (χ3n) is 3.98. The lowest BCUT2D eigenvalue weighted by atomic mass is 10.1. The summed E-state index contributed by atoms with van der Waals surface area (Å²) in [4.78, 5) is 0. The van der Waals surface area contributed by atoms with E-state index >= 15 is 0 Å². The molecule has 0 spiro atoms. The van der Waals surface area contributed by atoms with E-state index in [1.54, 1.807) is 0 Å². The molecule has 0 rings (SSSR count). The predicted octanol–water partition coefficient (Wildman–Crippen LogP) is 5.61. The molecule has 0 aliphatic carbocycles. The largest absolute Gasteiger partial charge is 0.107 e. The Morgan fingerprint density at radius 3 is 1.69 bits per heavy atom. The van der Waals surface area contributed by atoms with Crippen LogP contribution < -0.4 is 0 Å². The Morgan fingerprint density at radius 1 is 0.812 bits per heavy atom. The summed E-state index contributed by atoms with van der Waals surface area (Å²) < 4.78 is 0. The van der Waals surface area contributed by atoms with Crippen LogP contribution in [0.5, 0.6) is 0 Å². The molecule has 0 atom stereocenters. The van der Waals surface area contributed by atoms with Crippen LogP contribution in [0.1, 0.15) is 73.1 Å². The molecule has 0 nitrogen and oxygen atoms in total. The molecule has 0 fully saturated rings. The standard InChI is InChI=1S/C15H33P/c1-7-8-9-10-11-12-13-16(6,14(2)3)15(4)5/h14-15H,6-13H2,1-5H3. The maximum Gasteiger partial charge on any atom is -0.0270 e. The zero-order chi connectivity index (χ0) is 12.6. The predicted molar refractivity (Wildman–Crippen MR) is 82.6 cm³/mol. The normalized spacial score (nSPS) is 12.7. The van der Waals surface area contributed by atoms with Crippen LogP contribution in [0.2, 0.25) is 0 Å². The van der Waals surface area contributed by atoms with Crippen molar-refractivity contribution in [3.8, 4) is 0 Å². The second kappa shape index (κ2) is 8.40. The van der Waals surface area contributed by atoms with Crippen molar-refractivity contribution in [2.75, 3.05) is 6.16 Å². The molecule has 98 valence electrons. The average molecular weight is 244 g/mol. The second-order valence-corrected chi connectivity index (χ2v) is 10.5. The lowest BCUT2D eigenvalue weighted by Gasteiger charge is -2.33. The lowest BCUT2D eigenvalue weighted by molar-refractivity contribution is 0.625. The molecule has 16 heavy (non-hydrogen) atoms. The molecule has 0 N–H and O–H groups in total. The molecule has 1 heteroatoms. The third-order valence-corrected chi connectivity index (χ3v) is 9.25. The Morgan fingerprint density at radius 2 is 1.25 bits per heavy atom. The van der Waals surface area contributed by atoms with Gasteiger partial charge in [-0.25, -0.2) is 0 Å². The molecule has 0 aliphatic heterocycles. The van der Waals surface area contributed by atoms with Gasteiger partial charge in [-0.05, 0) is 23.9 Å². The van der Waals surface area contributed by atoms with Gasteiger partial charge in [-0.1, -0.05) is 66.7 Å². The van der Waals surface area contributed by atoms with Gasteiger partial charge in [0.2, 0.25) is 0 Å². The number of rotatable bonds is 9. The SMILES string of the molecule is C=P(CCCCCCCC)(C(C)C)C(C)C. The summed E-state index contributed by atoms with van der Waals surface area (Å²) in [6, 6.07) is 0. The van der Waals surface area contributed by atoms with Crippen molar-refractivity contribution < 1.29 is 0 Å². The first kappa shape index (κ1) is 16.3. The van der Waals surface area contributed by atoms with Crippen molar-refractivity contribution in [1.82, 2.24) is 0 Å². The lowest BCUT2D eigenvalue weighted by Crippen LogP contribution is -2.12. The van der Waals surface area contributed by atoms with E-state index in [9.17, 15) is 0 Å². The van der Waals surface area contributed by atoms with E-state index in [1.165, 1.54) is 44.7 Å². The van der Waals surface area contributed by atoms with E-state index in [0.29, 0.717) is 0 Å². The summed E-state index contributed by atoms with van der Waals surface area (Å²) >= 11 is 0. The zero-order valence-corrected chi connectivity index (χ0v) is 13.2. The average Bonchev–Trinajstić information content (AvgIpc) is 2.22. The molecule has 0 saturated heterocycles. The third kappa shape index (κ3) is 5.58. The smallest absolute Gasteiger partial charge is 0.0270 e. The Labute approximate surface area is 104 Å². The minimum absolute atomic E-state index is 0.808. The van der Waals surface area contributed by atoms with Crippen molar-refractivity contribution in [1.29, 1.82) is 0 Å². The van der Waals surface area contributed by atoms with Gasteiger partial charge in [0.1, 0.15) is 0 Å². The Balaban J connectivity index is 3.83. The summed E-state index contributed by atoms with van der Waals surface area (Å²) in [5, 5.41) is 0. The van der Waals surface area contributed by atoms with Crippen LogP contribution in [0.3, 0.4) is 0 Å². The van der Waals surface area contributed by atoms with Gasteiger partial charge in [0.15, 0.2) is 0 Å². The Hall–Kier alpha value is 0.300. The highest BCUT2D eigenvalue weighted by Crippen LogP contribution is 2.54. The fraction of sp³-hybridized carbons (Fsp3) is 0.933. The molecule has 0 heterocycles. The molecule has 0 amide bonds. The highest BCUT2D eigenvalue weighted by atomic mass is 31.2. The summed E-state index contributed by atoms with van der Waals surface area (Å²) in [5.41, 5.74) is 1.62. The van der Waals surface area contributed by atoms with Gasteiger partial charge in [-0.2, -0.15) is 0 Å². The number of unbranched alkanes of at least 4 members (excludes halogenated alkanes) is 5. The highest BCUT2D eigenvalue weighted by Gasteiger charge is 2.21. The maximum absolute atomic E-state index is 4.61. The van der Waals surface area contributed by atoms with Gasteiger partial charge in [-0.15, -0.1) is 13.2 Å². The van der Waals surface area contributed by atoms with Crippen LogP contribution >= 0.6 is 6.89 Å². The Bertz CT molecular complexity index is 191. The summed E-state index contributed by atoms with van der Waals surface area (Å²) in [7, 11) is 0. The van der Waals surface area contributed by atoms with Gasteiger partial charge in [0.05, 0.1) is 0 Å². The van der Waals surface area contributed by atoms with Crippen molar-refractivity contribution in [3.63, 3.8) is 0 Å². The first-order valence-electron chi connectivity index (χ1n) is 7.17. The van der Waals surface area contributed by atoms with Crippen molar-refractivity contribution in [2.24, 2.45) is 0 Å². The van der Waals surface area contributed by atoms with E-state index in [0.717, 1.165) is 11.3 Å². The molecule has 0 aromatic rings. The first-order valence-corrected chi connectivity index (χ1v) is 9.46. The van der Waals surface area contributed by atoms with Crippen LogP contribution in [0, 0.1) is 0 Å². The topological polar surface area (TPSA) is 0 Å². The van der Waals surface area contributed by atoms with Crippen LogP contribution in [0.25, 0.3) is 0 Å². The molecule has 0 unspecified atom stereocenters. The van der Waals surface area contributed by atoms with Crippen molar-refractivity contribution in [3.05, 3.63) is 0 Å². The maximum atomic E-state index is 4.61. The number of hydrogen-bond acceptors (Lipinski definition) is 0. The molecular formula is C15H33P. The molecule has 0 radical (unpaired) electrons. The second-order valence-electron chi connectivity index (χ2n) is 5.78. The highest BCUT2D eigenvalue weighted by molar-refractivity contribution is 7.74. The van der Waals surface area contributed by atoms with Gasteiger partial charge in [0, 0.05) is 0 Å².